The molecule has 6 nitrogen and oxygen atoms in total. The second-order valence-corrected chi connectivity index (χ2v) is 4.87. The number of benzene rings is 1. The zero-order chi connectivity index (χ0) is 14.7. The molecule has 6 heteroatoms. The molecule has 0 aromatic heterocycles. The van der Waals surface area contributed by atoms with Gasteiger partial charge in [0.25, 0.3) is 0 Å². The summed E-state index contributed by atoms with van der Waals surface area (Å²) >= 11 is 0. The Bertz CT molecular complexity index is 529. The summed E-state index contributed by atoms with van der Waals surface area (Å²) in [5.41, 5.74) is 0.506. The first-order chi connectivity index (χ1) is 9.49. The first kappa shape index (κ1) is 14.0. The van der Waals surface area contributed by atoms with Crippen molar-refractivity contribution in [1.82, 2.24) is 10.2 Å². The summed E-state index contributed by atoms with van der Waals surface area (Å²) in [7, 11) is 1.63. The minimum Gasteiger partial charge on any atom is -0.479 e. The highest BCUT2D eigenvalue weighted by atomic mass is 16.4. The Balaban J connectivity index is 2.08. The van der Waals surface area contributed by atoms with Gasteiger partial charge >= 0.3 is 5.97 Å². The Morgan fingerprint density at radius 1 is 1.35 bits per heavy atom. The van der Waals surface area contributed by atoms with E-state index in [2.05, 4.69) is 5.32 Å². The molecule has 1 aromatic carbocycles. The summed E-state index contributed by atoms with van der Waals surface area (Å²) in [5, 5.41) is 11.7. The van der Waals surface area contributed by atoms with E-state index in [0.29, 0.717) is 12.1 Å². The van der Waals surface area contributed by atoms with Crippen molar-refractivity contribution in [1.29, 1.82) is 0 Å². The van der Waals surface area contributed by atoms with Gasteiger partial charge in [0.15, 0.2) is 6.04 Å². The van der Waals surface area contributed by atoms with Gasteiger partial charge in [-0.3, -0.25) is 9.59 Å². The monoisotopic (exact) mass is 276 g/mol. The first-order valence-corrected chi connectivity index (χ1v) is 6.31. The fraction of sp³-hybridized carbons (Fsp3) is 0.357. The van der Waals surface area contributed by atoms with E-state index in [1.165, 1.54) is 4.90 Å². The third-order valence-electron chi connectivity index (χ3n) is 3.38. The predicted molar refractivity (Wildman–Crippen MR) is 70.7 cm³/mol. The van der Waals surface area contributed by atoms with Gasteiger partial charge in [0, 0.05) is 20.0 Å². The summed E-state index contributed by atoms with van der Waals surface area (Å²) in [6.45, 7) is 0.325. The molecule has 0 saturated carbocycles. The summed E-state index contributed by atoms with van der Waals surface area (Å²) < 4.78 is 0. The van der Waals surface area contributed by atoms with Crippen LogP contribution in [0.3, 0.4) is 0 Å². The van der Waals surface area contributed by atoms with Crippen LogP contribution < -0.4 is 5.32 Å². The lowest BCUT2D eigenvalue weighted by Gasteiger charge is -2.17. The molecular formula is C14H16N2O4. The second-order valence-electron chi connectivity index (χ2n) is 4.87. The number of nitrogens with zero attached hydrogens (tertiary/aromatic N) is 1. The molecule has 1 aliphatic rings. The highest BCUT2D eigenvalue weighted by Gasteiger charge is 2.34. The van der Waals surface area contributed by atoms with Crippen LogP contribution in [0.15, 0.2) is 30.3 Å². The molecule has 106 valence electrons. The lowest BCUT2D eigenvalue weighted by Crippen LogP contribution is -2.38. The Morgan fingerprint density at radius 3 is 2.50 bits per heavy atom. The van der Waals surface area contributed by atoms with Crippen LogP contribution >= 0.6 is 0 Å². The van der Waals surface area contributed by atoms with Crippen LogP contribution in [0.25, 0.3) is 0 Å². The molecule has 0 radical (unpaired) electrons. The number of likely N-dealkylation sites (tertiary alicyclic amines) is 1. The van der Waals surface area contributed by atoms with Crippen molar-refractivity contribution in [2.45, 2.75) is 12.5 Å². The molecule has 2 N–H and O–H groups in total. The Morgan fingerprint density at radius 2 is 2.00 bits per heavy atom. The quantitative estimate of drug-likeness (QED) is 0.833. The van der Waals surface area contributed by atoms with E-state index in [4.69, 9.17) is 0 Å². The molecule has 2 amide bonds. The van der Waals surface area contributed by atoms with E-state index in [9.17, 15) is 19.5 Å². The van der Waals surface area contributed by atoms with Crippen LogP contribution in [0.5, 0.6) is 0 Å². The highest BCUT2D eigenvalue weighted by molar-refractivity contribution is 5.91. The molecule has 0 aliphatic carbocycles. The lowest BCUT2D eigenvalue weighted by atomic mass is 10.0. The van der Waals surface area contributed by atoms with Crippen molar-refractivity contribution in [3.05, 3.63) is 35.9 Å². The van der Waals surface area contributed by atoms with E-state index >= 15 is 0 Å². The van der Waals surface area contributed by atoms with Crippen molar-refractivity contribution in [3.63, 3.8) is 0 Å². The fourth-order valence-electron chi connectivity index (χ4n) is 2.23. The average Bonchev–Trinajstić information content (AvgIpc) is 2.76. The van der Waals surface area contributed by atoms with Gasteiger partial charge in [0.1, 0.15) is 0 Å². The number of hydrogen-bond acceptors (Lipinski definition) is 3. The zero-order valence-electron chi connectivity index (χ0n) is 11.1. The number of carbonyl (C=O) groups is 3. The number of carbonyl (C=O) groups excluding carboxylic acids is 2. The highest BCUT2D eigenvalue weighted by Crippen LogP contribution is 2.19. The van der Waals surface area contributed by atoms with E-state index in [0.717, 1.165) is 0 Å². The van der Waals surface area contributed by atoms with Crippen LogP contribution in [0.2, 0.25) is 0 Å². The van der Waals surface area contributed by atoms with E-state index < -0.39 is 23.8 Å². The Labute approximate surface area is 116 Å². The topological polar surface area (TPSA) is 86.7 Å². The molecule has 1 heterocycles. The van der Waals surface area contributed by atoms with Crippen LogP contribution in [-0.2, 0) is 14.4 Å². The molecule has 1 unspecified atom stereocenters. The number of aliphatic carboxylic acids is 1. The van der Waals surface area contributed by atoms with E-state index in [-0.39, 0.29) is 12.3 Å². The minimum atomic E-state index is -1.12. The summed E-state index contributed by atoms with van der Waals surface area (Å²) in [5.74, 6) is -2.11. The normalized spacial score (nSPS) is 19.8. The minimum absolute atomic E-state index is 0.100. The predicted octanol–water partition coefficient (Wildman–Crippen LogP) is 0.407. The van der Waals surface area contributed by atoms with Crippen LogP contribution in [0.4, 0.5) is 0 Å². The summed E-state index contributed by atoms with van der Waals surface area (Å²) in [4.78, 5) is 36.2. The van der Waals surface area contributed by atoms with Gasteiger partial charge in [-0.15, -0.1) is 0 Å². The number of carboxylic acid groups (broad SMARTS) is 1. The molecule has 2 rings (SSSR count). The van der Waals surface area contributed by atoms with Crippen molar-refractivity contribution >= 4 is 17.8 Å². The first-order valence-electron chi connectivity index (χ1n) is 6.31. The summed E-state index contributed by atoms with van der Waals surface area (Å²) in [6.07, 6.45) is 0.128. The number of rotatable bonds is 4. The number of carboxylic acids is 1. The molecule has 1 aliphatic heterocycles. The zero-order valence-corrected chi connectivity index (χ0v) is 11.1. The lowest BCUT2D eigenvalue weighted by molar-refractivity contribution is -0.142. The largest absolute Gasteiger partial charge is 0.479 e. The SMILES string of the molecule is CN1CC(C(=O)N[C@@H](C(=O)O)c2ccccc2)CC1=O. The number of nitrogens with one attached hydrogen (secondary N) is 1. The Kier molecular flexibility index (Phi) is 4.02. The Hall–Kier alpha value is -2.37. The molecule has 0 bridgehead atoms. The average molecular weight is 276 g/mol. The number of amides is 2. The van der Waals surface area contributed by atoms with Gasteiger partial charge in [-0.25, -0.2) is 4.79 Å². The van der Waals surface area contributed by atoms with Gasteiger partial charge in [-0.1, -0.05) is 30.3 Å². The van der Waals surface area contributed by atoms with Gasteiger partial charge in [0.05, 0.1) is 5.92 Å². The maximum atomic E-state index is 12.1. The third kappa shape index (κ3) is 2.96. The van der Waals surface area contributed by atoms with Gasteiger partial charge in [-0.05, 0) is 5.56 Å². The van der Waals surface area contributed by atoms with Crippen molar-refractivity contribution in [3.8, 4) is 0 Å². The second kappa shape index (κ2) is 5.73. The van der Waals surface area contributed by atoms with Crippen LogP contribution in [-0.4, -0.2) is 41.4 Å². The van der Waals surface area contributed by atoms with Crippen molar-refractivity contribution < 1.29 is 19.5 Å². The van der Waals surface area contributed by atoms with Gasteiger partial charge in [0.2, 0.25) is 11.8 Å². The molecular weight excluding hydrogens is 260 g/mol. The molecule has 2 atom stereocenters. The summed E-state index contributed by atoms with van der Waals surface area (Å²) in [6, 6.07) is 7.39. The smallest absolute Gasteiger partial charge is 0.330 e. The van der Waals surface area contributed by atoms with Crippen molar-refractivity contribution in [2.24, 2.45) is 5.92 Å². The molecule has 1 saturated heterocycles. The fourth-order valence-corrected chi connectivity index (χ4v) is 2.23. The van der Waals surface area contributed by atoms with Crippen LogP contribution in [0.1, 0.15) is 18.0 Å². The van der Waals surface area contributed by atoms with Crippen LogP contribution in [0, 0.1) is 5.92 Å². The van der Waals surface area contributed by atoms with Gasteiger partial charge in [-0.2, -0.15) is 0 Å². The van der Waals surface area contributed by atoms with E-state index in [1.54, 1.807) is 37.4 Å². The molecule has 20 heavy (non-hydrogen) atoms. The number of hydrogen-bond donors (Lipinski definition) is 2. The van der Waals surface area contributed by atoms with Crippen molar-refractivity contribution in [2.75, 3.05) is 13.6 Å². The standard InChI is InChI=1S/C14H16N2O4/c1-16-8-10(7-11(16)17)13(18)15-12(14(19)20)9-5-3-2-4-6-9/h2-6,10,12H,7-8H2,1H3,(H,15,18)(H,19,20)/t10?,12-/m1/s1. The van der Waals surface area contributed by atoms with Gasteiger partial charge < -0.3 is 15.3 Å². The maximum absolute atomic E-state index is 12.1. The maximum Gasteiger partial charge on any atom is 0.330 e. The molecule has 1 fully saturated rings. The van der Waals surface area contributed by atoms with E-state index in [1.807, 2.05) is 0 Å². The molecule has 1 aromatic rings. The molecule has 0 spiro atoms. The third-order valence-corrected chi connectivity index (χ3v) is 3.38.